The number of hydrogen-bond donors (Lipinski definition) is 1. The van der Waals surface area contributed by atoms with Crippen LogP contribution in [0.25, 0.3) is 6.08 Å². The van der Waals surface area contributed by atoms with Gasteiger partial charge in [-0.1, -0.05) is 18.2 Å². The number of hydrogen-bond acceptors (Lipinski definition) is 7. The first kappa shape index (κ1) is 27.2. The molecule has 0 atom stereocenters. The summed E-state index contributed by atoms with van der Waals surface area (Å²) >= 11 is 3.56. The number of morpholine rings is 1. The second kappa shape index (κ2) is 12.2. The van der Waals surface area contributed by atoms with Gasteiger partial charge in [-0.05, 0) is 100 Å². The Morgan fingerprint density at radius 3 is 2.49 bits per heavy atom. The van der Waals surface area contributed by atoms with Gasteiger partial charge in [-0.25, -0.2) is 9.79 Å². The molecular weight excluding hydrogens is 629 g/mol. The minimum Gasteiger partial charge on any atom is -0.488 e. The zero-order valence-corrected chi connectivity index (χ0v) is 24.1. The highest BCUT2D eigenvalue weighted by Gasteiger charge is 2.30. The molecule has 8 nitrogen and oxygen atoms in total. The monoisotopic (exact) mass is 655 g/mol. The number of ether oxygens (including phenoxy) is 2. The molecule has 3 aromatic rings. The van der Waals surface area contributed by atoms with Crippen molar-refractivity contribution in [1.29, 1.82) is 0 Å². The lowest BCUT2D eigenvalue weighted by Gasteiger charge is -2.28. The molecule has 1 N–H and O–H groups in total. The third-order valence-electron chi connectivity index (χ3n) is 6.30. The Kier molecular flexibility index (Phi) is 8.53. The molecule has 2 heterocycles. The number of aliphatic imine (C=N–C) groups is 1. The smallest absolute Gasteiger partial charge is 0.335 e. The van der Waals surface area contributed by atoms with E-state index in [9.17, 15) is 9.59 Å². The third kappa shape index (κ3) is 6.63. The van der Waals surface area contributed by atoms with Crippen molar-refractivity contribution in [3.8, 4) is 5.75 Å². The van der Waals surface area contributed by atoms with Gasteiger partial charge in [0.15, 0.2) is 5.17 Å². The van der Waals surface area contributed by atoms with Crippen molar-refractivity contribution < 1.29 is 24.2 Å². The molecule has 0 saturated carbocycles. The minimum atomic E-state index is -0.955. The lowest BCUT2D eigenvalue weighted by Crippen LogP contribution is -2.36. The van der Waals surface area contributed by atoms with Gasteiger partial charge in [0.05, 0.1) is 32.9 Å². The fourth-order valence-corrected chi connectivity index (χ4v) is 5.78. The van der Waals surface area contributed by atoms with Gasteiger partial charge in [-0.15, -0.1) is 0 Å². The molecule has 0 unspecified atom stereocenters. The number of rotatable bonds is 7. The Labute approximate surface area is 244 Å². The van der Waals surface area contributed by atoms with Crippen molar-refractivity contribution in [1.82, 2.24) is 4.90 Å². The summed E-state index contributed by atoms with van der Waals surface area (Å²) < 4.78 is 12.3. The predicted octanol–water partition coefficient (Wildman–Crippen LogP) is 5.64. The Balaban J connectivity index is 1.24. The molecule has 2 saturated heterocycles. The van der Waals surface area contributed by atoms with E-state index in [4.69, 9.17) is 19.6 Å². The number of aromatic carboxylic acids is 1. The lowest BCUT2D eigenvalue weighted by molar-refractivity contribution is -0.121. The molecule has 2 aliphatic rings. The third-order valence-corrected chi connectivity index (χ3v) is 8.21. The molecule has 2 aliphatic heterocycles. The quantitative estimate of drug-likeness (QED) is 0.260. The summed E-state index contributed by atoms with van der Waals surface area (Å²) in [4.78, 5) is 33.1. The van der Waals surface area contributed by atoms with Crippen molar-refractivity contribution in [2.45, 2.75) is 6.61 Å². The van der Waals surface area contributed by atoms with E-state index in [-0.39, 0.29) is 11.5 Å². The van der Waals surface area contributed by atoms with Gasteiger partial charge in [-0.2, -0.15) is 0 Å². The van der Waals surface area contributed by atoms with E-state index in [1.807, 2.05) is 36.4 Å². The van der Waals surface area contributed by atoms with Crippen LogP contribution in [0.3, 0.4) is 0 Å². The van der Waals surface area contributed by atoms with Gasteiger partial charge >= 0.3 is 5.97 Å². The standard InChI is InChI=1S/C29H26IN3O5S/c1-32-27(34)26(39-29(32)31-22-7-9-23(10-8-22)33-12-14-37-15-13-33)17-20-4-11-25(24(30)16-20)38-18-19-2-5-21(6-3-19)28(35)36/h2-11,16-17H,12-15,18H2,1H3,(H,35,36)/b26-17-,31-29?. The molecule has 3 aromatic carbocycles. The number of carboxylic acids is 1. The largest absolute Gasteiger partial charge is 0.488 e. The van der Waals surface area contributed by atoms with E-state index in [1.54, 1.807) is 36.2 Å². The van der Waals surface area contributed by atoms with E-state index in [0.717, 1.165) is 52.4 Å². The van der Waals surface area contributed by atoms with Gasteiger partial charge < -0.3 is 19.5 Å². The molecule has 5 rings (SSSR count). The van der Waals surface area contributed by atoms with E-state index in [1.165, 1.54) is 11.8 Å². The van der Waals surface area contributed by atoms with Gasteiger partial charge in [0.25, 0.3) is 5.91 Å². The van der Waals surface area contributed by atoms with Crippen molar-refractivity contribution in [3.63, 3.8) is 0 Å². The number of carbonyl (C=O) groups is 2. The maximum absolute atomic E-state index is 12.9. The molecule has 0 aliphatic carbocycles. The van der Waals surface area contributed by atoms with Crippen LogP contribution in [0, 0.1) is 3.57 Å². The maximum atomic E-state index is 12.9. The number of carboxylic acid groups (broad SMARTS) is 1. The van der Waals surface area contributed by atoms with Gasteiger partial charge in [0, 0.05) is 25.8 Å². The summed E-state index contributed by atoms with van der Waals surface area (Å²) in [6.45, 7) is 3.56. The van der Waals surface area contributed by atoms with Crippen LogP contribution in [0.5, 0.6) is 5.75 Å². The van der Waals surface area contributed by atoms with Gasteiger partial charge in [0.1, 0.15) is 12.4 Å². The van der Waals surface area contributed by atoms with Crippen molar-refractivity contribution in [2.24, 2.45) is 4.99 Å². The first-order valence-electron chi connectivity index (χ1n) is 12.3. The number of likely N-dealkylation sites (N-methyl/N-ethyl adjacent to an activating group) is 1. The summed E-state index contributed by atoms with van der Waals surface area (Å²) in [7, 11) is 1.74. The van der Waals surface area contributed by atoms with E-state index < -0.39 is 5.97 Å². The van der Waals surface area contributed by atoms with Gasteiger partial charge in [-0.3, -0.25) is 9.69 Å². The Morgan fingerprint density at radius 2 is 1.82 bits per heavy atom. The van der Waals surface area contributed by atoms with E-state index in [0.29, 0.717) is 22.4 Å². The average Bonchev–Trinajstić information content (AvgIpc) is 3.21. The summed E-state index contributed by atoms with van der Waals surface area (Å²) in [5.74, 6) is -0.336. The molecule has 10 heteroatoms. The number of anilines is 1. The highest BCUT2D eigenvalue weighted by atomic mass is 127. The van der Waals surface area contributed by atoms with Crippen LogP contribution in [0.2, 0.25) is 0 Å². The predicted molar refractivity (Wildman–Crippen MR) is 162 cm³/mol. The minimum absolute atomic E-state index is 0.0937. The lowest BCUT2D eigenvalue weighted by atomic mass is 10.1. The zero-order valence-electron chi connectivity index (χ0n) is 21.2. The summed E-state index contributed by atoms with van der Waals surface area (Å²) in [6.07, 6.45) is 1.87. The summed E-state index contributed by atoms with van der Waals surface area (Å²) in [5, 5.41) is 9.67. The van der Waals surface area contributed by atoms with Crippen molar-refractivity contribution in [3.05, 3.63) is 91.9 Å². The van der Waals surface area contributed by atoms with Gasteiger partial charge in [0.2, 0.25) is 0 Å². The molecule has 0 radical (unpaired) electrons. The van der Waals surface area contributed by atoms with Crippen molar-refractivity contribution in [2.75, 3.05) is 38.3 Å². The molecule has 0 bridgehead atoms. The first-order valence-corrected chi connectivity index (χ1v) is 14.2. The average molecular weight is 656 g/mol. The van der Waals surface area contributed by atoms with Crippen LogP contribution in [-0.4, -0.2) is 60.4 Å². The van der Waals surface area contributed by atoms with Crippen molar-refractivity contribution >= 4 is 68.8 Å². The summed E-state index contributed by atoms with van der Waals surface area (Å²) in [6, 6.07) is 20.4. The van der Waals surface area contributed by atoms with Crippen LogP contribution in [0.1, 0.15) is 21.5 Å². The Bertz CT molecular complexity index is 1430. The van der Waals surface area contributed by atoms with Crippen LogP contribution >= 0.6 is 34.4 Å². The molecule has 1 amide bonds. The number of nitrogens with zero attached hydrogens (tertiary/aromatic N) is 3. The highest BCUT2D eigenvalue weighted by Crippen LogP contribution is 2.34. The maximum Gasteiger partial charge on any atom is 0.335 e. The molecule has 0 aromatic heterocycles. The number of thioether (sulfide) groups is 1. The summed E-state index contributed by atoms with van der Waals surface area (Å²) in [5.41, 5.74) is 3.94. The van der Waals surface area contributed by atoms with Crippen LogP contribution in [0.15, 0.2) is 76.6 Å². The number of halogens is 1. The fraction of sp³-hybridized carbons (Fsp3) is 0.207. The fourth-order valence-electron chi connectivity index (χ4n) is 4.10. The second-order valence-electron chi connectivity index (χ2n) is 8.97. The Morgan fingerprint density at radius 1 is 1.10 bits per heavy atom. The number of amides is 1. The second-order valence-corrected chi connectivity index (χ2v) is 11.1. The van der Waals surface area contributed by atoms with E-state index in [2.05, 4.69) is 39.6 Å². The van der Waals surface area contributed by atoms with Crippen LogP contribution in [0.4, 0.5) is 11.4 Å². The molecule has 39 heavy (non-hydrogen) atoms. The van der Waals surface area contributed by atoms with Crippen LogP contribution < -0.4 is 9.64 Å². The normalized spacial score (nSPS) is 17.7. The zero-order chi connectivity index (χ0) is 27.4. The first-order chi connectivity index (χ1) is 18.9. The highest BCUT2D eigenvalue weighted by molar-refractivity contribution is 14.1. The van der Waals surface area contributed by atoms with Crippen LogP contribution in [-0.2, 0) is 16.1 Å². The molecule has 2 fully saturated rings. The number of amidine groups is 1. The SMILES string of the molecule is CN1C(=O)/C(=C/c2ccc(OCc3ccc(C(=O)O)cc3)c(I)c2)SC1=Nc1ccc(N2CCOCC2)cc1. The number of benzene rings is 3. The Hall–Kier alpha value is -3.35. The molecular formula is C29H26IN3O5S. The topological polar surface area (TPSA) is 91.7 Å². The molecule has 200 valence electrons. The molecule has 0 spiro atoms. The van der Waals surface area contributed by atoms with E-state index >= 15 is 0 Å². The number of carbonyl (C=O) groups excluding carboxylic acids is 1.